The van der Waals surface area contributed by atoms with Gasteiger partial charge in [-0.3, -0.25) is 4.79 Å². The van der Waals surface area contributed by atoms with E-state index in [-0.39, 0.29) is 17.2 Å². The van der Waals surface area contributed by atoms with Crippen molar-refractivity contribution in [3.8, 4) is 22.8 Å². The number of H-pyrrole nitrogens is 1. The Balaban J connectivity index is 1.77. The van der Waals surface area contributed by atoms with Gasteiger partial charge in [0.05, 0.1) is 11.9 Å². The fourth-order valence-electron chi connectivity index (χ4n) is 2.18. The third kappa shape index (κ3) is 3.93. The van der Waals surface area contributed by atoms with Gasteiger partial charge >= 0.3 is 5.69 Å². The largest absolute Gasteiger partial charge is 0.504 e. The highest BCUT2D eigenvalue weighted by atomic mass is 16.3. The van der Waals surface area contributed by atoms with Gasteiger partial charge in [-0.25, -0.2) is 10.2 Å². The van der Waals surface area contributed by atoms with Crippen molar-refractivity contribution in [1.82, 2.24) is 15.4 Å². The highest BCUT2D eigenvalue weighted by Crippen LogP contribution is 2.23. The van der Waals surface area contributed by atoms with Crippen molar-refractivity contribution < 1.29 is 15.0 Å². The van der Waals surface area contributed by atoms with Crippen LogP contribution in [0.15, 0.2) is 64.5 Å². The summed E-state index contributed by atoms with van der Waals surface area (Å²) < 4.78 is 0. The summed E-state index contributed by atoms with van der Waals surface area (Å²) in [4.78, 5) is 30.1. The lowest BCUT2D eigenvalue weighted by Gasteiger charge is -2.03. The van der Waals surface area contributed by atoms with Gasteiger partial charge in [-0.05, 0) is 29.8 Å². The first kappa shape index (κ1) is 16.9. The molecule has 0 radical (unpaired) electrons. The topological polar surface area (TPSA) is 128 Å². The van der Waals surface area contributed by atoms with E-state index in [1.807, 2.05) is 6.07 Å². The summed E-state index contributed by atoms with van der Waals surface area (Å²) in [6.45, 7) is 0. The van der Waals surface area contributed by atoms with E-state index in [1.165, 1.54) is 30.5 Å². The molecule has 26 heavy (non-hydrogen) atoms. The number of carbonyl (C=O) groups excluding carboxylic acids is 1. The zero-order valence-electron chi connectivity index (χ0n) is 13.4. The smallest absolute Gasteiger partial charge is 0.346 e. The van der Waals surface area contributed by atoms with Crippen molar-refractivity contribution in [3.63, 3.8) is 0 Å². The van der Waals surface area contributed by atoms with Crippen LogP contribution < -0.4 is 11.1 Å². The number of hydrogen-bond donors (Lipinski definition) is 4. The highest BCUT2D eigenvalue weighted by Gasteiger charge is 2.10. The van der Waals surface area contributed by atoms with Crippen LogP contribution in [0.5, 0.6) is 11.5 Å². The molecule has 0 atom stereocenters. The Hall–Kier alpha value is -3.94. The minimum absolute atomic E-state index is 0.00885. The lowest BCUT2D eigenvalue weighted by Crippen LogP contribution is -2.24. The number of aromatic amines is 1. The molecule has 1 aromatic heterocycles. The van der Waals surface area contributed by atoms with E-state index in [0.717, 1.165) is 0 Å². The molecular weight excluding hydrogens is 336 g/mol. The van der Waals surface area contributed by atoms with Gasteiger partial charge in [0.1, 0.15) is 5.69 Å². The molecule has 0 bridgehead atoms. The van der Waals surface area contributed by atoms with Gasteiger partial charge in [0.25, 0.3) is 5.91 Å². The molecule has 0 aliphatic rings. The van der Waals surface area contributed by atoms with Gasteiger partial charge in [0.15, 0.2) is 11.5 Å². The number of rotatable bonds is 4. The number of nitrogens with one attached hydrogen (secondary N) is 2. The van der Waals surface area contributed by atoms with E-state index >= 15 is 0 Å². The Morgan fingerprint density at radius 3 is 2.58 bits per heavy atom. The third-order valence-electron chi connectivity index (χ3n) is 3.44. The first-order chi connectivity index (χ1) is 12.5. The number of amides is 1. The normalized spacial score (nSPS) is 10.8. The molecule has 8 heteroatoms. The molecule has 8 nitrogen and oxygen atoms in total. The fourth-order valence-corrected chi connectivity index (χ4v) is 2.18. The van der Waals surface area contributed by atoms with E-state index in [4.69, 9.17) is 0 Å². The molecule has 0 unspecified atom stereocenters. The van der Waals surface area contributed by atoms with Gasteiger partial charge in [-0.1, -0.05) is 30.3 Å². The molecular formula is C18H14N4O4. The number of phenols is 2. The number of nitrogens with zero attached hydrogens (tertiary/aromatic N) is 2. The van der Waals surface area contributed by atoms with Crippen molar-refractivity contribution in [2.75, 3.05) is 0 Å². The second-order valence-corrected chi connectivity index (χ2v) is 5.30. The van der Waals surface area contributed by atoms with E-state index in [9.17, 15) is 19.8 Å². The van der Waals surface area contributed by atoms with Gasteiger partial charge in [0.2, 0.25) is 0 Å². The molecule has 2 aromatic carbocycles. The van der Waals surface area contributed by atoms with Crippen molar-refractivity contribution in [2.45, 2.75) is 0 Å². The Bertz CT molecular complexity index is 1030. The minimum atomic E-state index is -0.649. The second-order valence-electron chi connectivity index (χ2n) is 5.30. The molecule has 130 valence electrons. The predicted octanol–water partition coefficient (Wildman–Crippen LogP) is 1.61. The van der Waals surface area contributed by atoms with Crippen LogP contribution in [-0.4, -0.2) is 32.3 Å². The van der Waals surface area contributed by atoms with E-state index in [1.54, 1.807) is 24.3 Å². The molecule has 0 aliphatic heterocycles. The number of hydrogen-bond acceptors (Lipinski definition) is 6. The molecule has 1 amide bonds. The van der Waals surface area contributed by atoms with Gasteiger partial charge in [0, 0.05) is 5.56 Å². The zero-order chi connectivity index (χ0) is 18.5. The maximum atomic E-state index is 12.2. The maximum absolute atomic E-state index is 12.2. The van der Waals surface area contributed by atoms with Gasteiger partial charge in [-0.15, -0.1) is 0 Å². The second kappa shape index (κ2) is 7.31. The average molecular weight is 350 g/mol. The monoisotopic (exact) mass is 350 g/mol. The molecule has 4 N–H and O–H groups in total. The van der Waals surface area contributed by atoms with Crippen LogP contribution in [0.1, 0.15) is 16.1 Å². The van der Waals surface area contributed by atoms with Crippen molar-refractivity contribution in [3.05, 3.63) is 76.3 Å². The molecule has 0 aliphatic carbocycles. The van der Waals surface area contributed by atoms with E-state index in [2.05, 4.69) is 20.5 Å². The van der Waals surface area contributed by atoms with Gasteiger partial charge < -0.3 is 15.2 Å². The maximum Gasteiger partial charge on any atom is 0.346 e. The third-order valence-corrected chi connectivity index (χ3v) is 3.44. The molecule has 0 spiro atoms. The van der Waals surface area contributed by atoms with E-state index < -0.39 is 11.6 Å². The quantitative estimate of drug-likeness (QED) is 0.323. The van der Waals surface area contributed by atoms with Crippen molar-refractivity contribution >= 4 is 12.1 Å². The number of phenolic OH excluding ortho intramolecular Hbond substituents is 2. The molecule has 1 heterocycles. The molecule has 0 saturated heterocycles. The predicted molar refractivity (Wildman–Crippen MR) is 95.1 cm³/mol. The van der Waals surface area contributed by atoms with Crippen LogP contribution >= 0.6 is 0 Å². The summed E-state index contributed by atoms with van der Waals surface area (Å²) in [5, 5.41) is 22.4. The standard InChI is InChI=1S/C18H14N4O4/c23-15-7-6-11(8-16(15)24)10-19-22-17(25)14-9-13(20-18(26)21-14)12-4-2-1-3-5-12/h1-10,23-24H,(H,22,25)(H,20,21,26)/b19-10+. The SMILES string of the molecule is O=C(N/N=C/c1ccc(O)c(O)c1)c1cc(-c2ccccc2)nc(=O)[nH]1. The fraction of sp³-hybridized carbons (Fsp3) is 0. The lowest BCUT2D eigenvalue weighted by atomic mass is 10.1. The minimum Gasteiger partial charge on any atom is -0.504 e. The van der Waals surface area contributed by atoms with Crippen LogP contribution in [0.25, 0.3) is 11.3 Å². The lowest BCUT2D eigenvalue weighted by molar-refractivity contribution is 0.0949. The first-order valence-electron chi connectivity index (χ1n) is 7.55. The van der Waals surface area contributed by atoms with E-state index in [0.29, 0.717) is 16.8 Å². The molecule has 3 aromatic rings. The van der Waals surface area contributed by atoms with Crippen LogP contribution in [-0.2, 0) is 0 Å². The number of aromatic nitrogens is 2. The summed E-state index contributed by atoms with van der Waals surface area (Å²) >= 11 is 0. The average Bonchev–Trinajstić information content (AvgIpc) is 2.65. The first-order valence-corrected chi connectivity index (χ1v) is 7.55. The van der Waals surface area contributed by atoms with Crippen LogP contribution in [0.2, 0.25) is 0 Å². The highest BCUT2D eigenvalue weighted by molar-refractivity contribution is 5.94. The number of carbonyl (C=O) groups is 1. The summed E-state index contributed by atoms with van der Waals surface area (Å²) in [6, 6.07) is 14.5. The Morgan fingerprint density at radius 2 is 1.85 bits per heavy atom. The molecule has 3 rings (SSSR count). The Labute approximate surface area is 147 Å². The molecule has 0 saturated carbocycles. The molecule has 0 fully saturated rings. The Morgan fingerprint density at radius 1 is 1.08 bits per heavy atom. The van der Waals surface area contributed by atoms with Crippen LogP contribution in [0, 0.1) is 0 Å². The zero-order valence-corrected chi connectivity index (χ0v) is 13.4. The summed E-state index contributed by atoms with van der Waals surface area (Å²) in [7, 11) is 0. The van der Waals surface area contributed by atoms with Crippen molar-refractivity contribution in [2.24, 2.45) is 5.10 Å². The number of benzene rings is 2. The summed E-state index contributed by atoms with van der Waals surface area (Å²) in [5.74, 6) is -1.18. The van der Waals surface area contributed by atoms with Crippen LogP contribution in [0.4, 0.5) is 0 Å². The van der Waals surface area contributed by atoms with Gasteiger partial charge in [-0.2, -0.15) is 10.1 Å². The summed E-state index contributed by atoms with van der Waals surface area (Å²) in [6.07, 6.45) is 1.29. The van der Waals surface area contributed by atoms with Crippen LogP contribution in [0.3, 0.4) is 0 Å². The number of aromatic hydroxyl groups is 2. The number of hydrazone groups is 1. The Kier molecular flexibility index (Phi) is 4.75. The summed E-state index contributed by atoms with van der Waals surface area (Å²) in [5.41, 5.74) is 3.17. The van der Waals surface area contributed by atoms with Crippen molar-refractivity contribution in [1.29, 1.82) is 0 Å².